The van der Waals surface area contributed by atoms with Crippen LogP contribution in [0.2, 0.25) is 0 Å². The molecule has 4 heteroatoms. The number of nitrogens with one attached hydrogen (secondary N) is 1. The maximum atomic E-state index is 11.9. The van der Waals surface area contributed by atoms with Gasteiger partial charge in [-0.2, -0.15) is 0 Å². The number of amides is 1. The van der Waals surface area contributed by atoms with Crippen LogP contribution in [0.4, 0.5) is 0 Å². The summed E-state index contributed by atoms with van der Waals surface area (Å²) in [5.41, 5.74) is 7.02. The van der Waals surface area contributed by atoms with Crippen molar-refractivity contribution in [3.05, 3.63) is 35.9 Å². The molecule has 0 heterocycles. The predicted molar refractivity (Wildman–Crippen MR) is 74.7 cm³/mol. The fourth-order valence-electron chi connectivity index (χ4n) is 2.32. The van der Waals surface area contributed by atoms with E-state index < -0.39 is 6.04 Å². The molecule has 0 aliphatic heterocycles. The molecule has 0 spiro atoms. The van der Waals surface area contributed by atoms with Crippen LogP contribution in [0.25, 0.3) is 0 Å². The van der Waals surface area contributed by atoms with Crippen molar-refractivity contribution < 1.29 is 9.53 Å². The van der Waals surface area contributed by atoms with Crippen molar-refractivity contribution in [3.63, 3.8) is 0 Å². The second kappa shape index (κ2) is 6.68. The lowest BCUT2D eigenvalue weighted by atomic mass is 9.89. The molecular formula is C15H22N2O2. The molecule has 0 aromatic heterocycles. The molecule has 0 unspecified atom stereocenters. The van der Waals surface area contributed by atoms with Gasteiger partial charge in [0.15, 0.2) is 0 Å². The number of ether oxygens (including phenoxy) is 1. The van der Waals surface area contributed by atoms with Crippen LogP contribution in [-0.2, 0) is 16.0 Å². The second-order valence-corrected chi connectivity index (χ2v) is 5.05. The Morgan fingerprint density at radius 2 is 2.11 bits per heavy atom. The third kappa shape index (κ3) is 4.04. The van der Waals surface area contributed by atoms with E-state index in [-0.39, 0.29) is 11.9 Å². The maximum absolute atomic E-state index is 11.9. The molecule has 1 aromatic carbocycles. The Kier molecular flexibility index (Phi) is 4.93. The van der Waals surface area contributed by atoms with Crippen molar-refractivity contribution in [1.29, 1.82) is 0 Å². The third-order valence-corrected chi connectivity index (χ3v) is 3.48. The minimum absolute atomic E-state index is 0.0659. The van der Waals surface area contributed by atoms with Crippen LogP contribution in [-0.4, -0.2) is 30.7 Å². The summed E-state index contributed by atoms with van der Waals surface area (Å²) in [7, 11) is 0. The molecule has 1 atom stereocenters. The van der Waals surface area contributed by atoms with Crippen molar-refractivity contribution in [2.24, 2.45) is 5.73 Å². The summed E-state index contributed by atoms with van der Waals surface area (Å²) in [6, 6.07) is 9.59. The van der Waals surface area contributed by atoms with Gasteiger partial charge in [-0.25, -0.2) is 0 Å². The Hall–Kier alpha value is -1.39. The first-order valence-electron chi connectivity index (χ1n) is 6.90. The average Bonchev–Trinajstić information content (AvgIpc) is 2.37. The standard InChI is InChI=1S/C15H22N2O2/c1-2-19-13-9-12(10-13)17-15(18)14(16)8-11-6-4-3-5-7-11/h3-7,12-14H,2,8-10,16H2,1H3,(H,17,18)/t12?,13?,14-/m1/s1. The van der Waals surface area contributed by atoms with Gasteiger partial charge in [0.05, 0.1) is 12.1 Å². The number of carbonyl (C=O) groups is 1. The summed E-state index contributed by atoms with van der Waals surface area (Å²) in [5.74, 6) is -0.0659. The minimum Gasteiger partial charge on any atom is -0.378 e. The molecule has 3 N–H and O–H groups in total. The maximum Gasteiger partial charge on any atom is 0.237 e. The van der Waals surface area contributed by atoms with Gasteiger partial charge in [0.1, 0.15) is 0 Å². The third-order valence-electron chi connectivity index (χ3n) is 3.48. The minimum atomic E-state index is -0.478. The van der Waals surface area contributed by atoms with Crippen LogP contribution in [0.1, 0.15) is 25.3 Å². The molecule has 0 saturated heterocycles. The number of benzene rings is 1. The van der Waals surface area contributed by atoms with Crippen molar-refractivity contribution in [2.75, 3.05) is 6.61 Å². The number of rotatable bonds is 6. The average molecular weight is 262 g/mol. The highest BCUT2D eigenvalue weighted by Crippen LogP contribution is 2.23. The van der Waals surface area contributed by atoms with Gasteiger partial charge >= 0.3 is 0 Å². The Morgan fingerprint density at radius 1 is 1.42 bits per heavy atom. The summed E-state index contributed by atoms with van der Waals surface area (Å²) in [6.45, 7) is 2.72. The molecule has 104 valence electrons. The molecule has 1 aliphatic rings. The van der Waals surface area contributed by atoms with Gasteiger partial charge in [-0.05, 0) is 31.7 Å². The first-order chi connectivity index (χ1) is 9.19. The Labute approximate surface area is 114 Å². The quantitative estimate of drug-likeness (QED) is 0.810. The molecule has 1 amide bonds. The topological polar surface area (TPSA) is 64.3 Å². The fourth-order valence-corrected chi connectivity index (χ4v) is 2.32. The highest BCUT2D eigenvalue weighted by atomic mass is 16.5. The van der Waals surface area contributed by atoms with Crippen LogP contribution in [0.15, 0.2) is 30.3 Å². The van der Waals surface area contributed by atoms with Crippen LogP contribution < -0.4 is 11.1 Å². The normalized spacial score (nSPS) is 23.5. The van der Waals surface area contributed by atoms with Gasteiger partial charge < -0.3 is 15.8 Å². The van der Waals surface area contributed by atoms with Crippen LogP contribution in [0.3, 0.4) is 0 Å². The molecule has 1 aliphatic carbocycles. The molecule has 0 radical (unpaired) electrons. The highest BCUT2D eigenvalue weighted by Gasteiger charge is 2.31. The van der Waals surface area contributed by atoms with Crippen molar-refractivity contribution in [1.82, 2.24) is 5.32 Å². The molecule has 19 heavy (non-hydrogen) atoms. The van der Waals surface area contributed by atoms with Gasteiger partial charge in [0.2, 0.25) is 5.91 Å². The van der Waals surface area contributed by atoms with Crippen LogP contribution in [0, 0.1) is 0 Å². The summed E-state index contributed by atoms with van der Waals surface area (Å²) < 4.78 is 5.46. The number of hydrogen-bond donors (Lipinski definition) is 2. The molecule has 4 nitrogen and oxygen atoms in total. The van der Waals surface area contributed by atoms with E-state index >= 15 is 0 Å². The van der Waals surface area contributed by atoms with Gasteiger partial charge in [0, 0.05) is 12.6 Å². The van der Waals surface area contributed by atoms with E-state index in [0.29, 0.717) is 12.5 Å². The van der Waals surface area contributed by atoms with Gasteiger partial charge in [0.25, 0.3) is 0 Å². The van der Waals surface area contributed by atoms with E-state index in [1.54, 1.807) is 0 Å². The van der Waals surface area contributed by atoms with E-state index in [0.717, 1.165) is 25.0 Å². The molecule has 1 saturated carbocycles. The van der Waals surface area contributed by atoms with E-state index in [2.05, 4.69) is 5.32 Å². The lowest BCUT2D eigenvalue weighted by Crippen LogP contribution is -2.52. The predicted octanol–water partition coefficient (Wildman–Crippen LogP) is 1.24. The Balaban J connectivity index is 1.72. The van der Waals surface area contributed by atoms with E-state index in [9.17, 15) is 4.79 Å². The van der Waals surface area contributed by atoms with Gasteiger partial charge in [-0.3, -0.25) is 4.79 Å². The van der Waals surface area contributed by atoms with Crippen molar-refractivity contribution >= 4 is 5.91 Å². The van der Waals surface area contributed by atoms with Gasteiger partial charge in [-0.1, -0.05) is 30.3 Å². The van der Waals surface area contributed by atoms with Crippen LogP contribution >= 0.6 is 0 Å². The summed E-state index contributed by atoms with van der Waals surface area (Å²) >= 11 is 0. The highest BCUT2D eigenvalue weighted by molar-refractivity contribution is 5.82. The molecular weight excluding hydrogens is 240 g/mol. The molecule has 2 rings (SSSR count). The Morgan fingerprint density at radius 3 is 2.74 bits per heavy atom. The second-order valence-electron chi connectivity index (χ2n) is 5.05. The van der Waals surface area contributed by atoms with E-state index in [1.165, 1.54) is 0 Å². The molecule has 0 bridgehead atoms. The van der Waals surface area contributed by atoms with Crippen molar-refractivity contribution in [3.8, 4) is 0 Å². The molecule has 1 aromatic rings. The fraction of sp³-hybridized carbons (Fsp3) is 0.533. The monoisotopic (exact) mass is 262 g/mol. The first kappa shape index (κ1) is 14.0. The lowest BCUT2D eigenvalue weighted by molar-refractivity contribution is -0.124. The summed E-state index contributed by atoms with van der Waals surface area (Å²) in [6.07, 6.45) is 2.68. The SMILES string of the molecule is CCOC1CC(NC(=O)[C@H](N)Cc2ccccc2)C1. The zero-order chi connectivity index (χ0) is 13.7. The van der Waals surface area contributed by atoms with Gasteiger partial charge in [-0.15, -0.1) is 0 Å². The Bertz CT molecular complexity index is 402. The first-order valence-corrected chi connectivity index (χ1v) is 6.90. The molecule has 1 fully saturated rings. The summed E-state index contributed by atoms with van der Waals surface area (Å²) in [5, 5.41) is 2.98. The van der Waals surface area contributed by atoms with Crippen LogP contribution in [0.5, 0.6) is 0 Å². The van der Waals surface area contributed by atoms with E-state index in [1.807, 2.05) is 37.3 Å². The van der Waals surface area contributed by atoms with Crippen molar-refractivity contribution in [2.45, 2.75) is 44.4 Å². The van der Waals surface area contributed by atoms with E-state index in [4.69, 9.17) is 10.5 Å². The largest absolute Gasteiger partial charge is 0.378 e. The zero-order valence-electron chi connectivity index (χ0n) is 11.3. The number of nitrogens with two attached hydrogens (primary N) is 1. The summed E-state index contributed by atoms with van der Waals surface area (Å²) in [4.78, 5) is 11.9. The smallest absolute Gasteiger partial charge is 0.237 e. The number of hydrogen-bond acceptors (Lipinski definition) is 3. The lowest BCUT2D eigenvalue weighted by Gasteiger charge is -2.35. The zero-order valence-corrected chi connectivity index (χ0v) is 11.3. The number of carbonyl (C=O) groups excluding carboxylic acids is 1.